The second kappa shape index (κ2) is 6.13. The van der Waals surface area contributed by atoms with E-state index in [0.717, 1.165) is 16.5 Å². The Morgan fingerprint density at radius 3 is 2.38 bits per heavy atom. The van der Waals surface area contributed by atoms with Gasteiger partial charge in [0.2, 0.25) is 0 Å². The first-order valence-electron chi connectivity index (χ1n) is 6.76. The summed E-state index contributed by atoms with van der Waals surface area (Å²) in [5.41, 5.74) is -0.234. The molecule has 0 aliphatic rings. The molecule has 0 saturated heterocycles. The highest BCUT2D eigenvalue weighted by atomic mass is 16.5. The number of rotatable bonds is 5. The molecule has 0 unspecified atom stereocenters. The minimum absolute atomic E-state index is 0.234. The second-order valence-electron chi connectivity index (χ2n) is 4.54. The summed E-state index contributed by atoms with van der Waals surface area (Å²) in [7, 11) is 0. The van der Waals surface area contributed by atoms with E-state index in [-0.39, 0.29) is 5.56 Å². The molecule has 4 nitrogen and oxygen atoms in total. The molecular weight excluding hydrogens is 266 g/mol. The van der Waals surface area contributed by atoms with Gasteiger partial charge < -0.3 is 14.5 Å². The van der Waals surface area contributed by atoms with E-state index < -0.39 is 0 Å². The normalized spacial score (nSPS) is 10.5. The van der Waals surface area contributed by atoms with Gasteiger partial charge in [0.05, 0.1) is 0 Å². The van der Waals surface area contributed by atoms with Crippen LogP contribution in [0.25, 0.3) is 10.8 Å². The lowest BCUT2D eigenvalue weighted by atomic mass is 10.1. The molecule has 0 amide bonds. The average molecular weight is 281 g/mol. The van der Waals surface area contributed by atoms with Gasteiger partial charge in [-0.1, -0.05) is 36.4 Å². The third-order valence-electron chi connectivity index (χ3n) is 3.13. The number of aromatic amines is 1. The Hall–Kier alpha value is -2.75. The second-order valence-corrected chi connectivity index (χ2v) is 4.54. The highest BCUT2D eigenvalue weighted by Crippen LogP contribution is 2.24. The molecule has 0 spiro atoms. The summed E-state index contributed by atoms with van der Waals surface area (Å²) in [6.07, 6.45) is 1.57. The first-order valence-corrected chi connectivity index (χ1v) is 6.76. The van der Waals surface area contributed by atoms with Crippen LogP contribution in [0.4, 0.5) is 0 Å². The Balaban J connectivity index is 1.63. The molecule has 0 aliphatic carbocycles. The zero-order valence-corrected chi connectivity index (χ0v) is 11.4. The molecule has 0 bridgehead atoms. The number of ether oxygens (including phenoxy) is 2. The van der Waals surface area contributed by atoms with E-state index >= 15 is 0 Å². The summed E-state index contributed by atoms with van der Waals surface area (Å²) in [6, 6.07) is 17.3. The van der Waals surface area contributed by atoms with Gasteiger partial charge >= 0.3 is 0 Å². The lowest BCUT2D eigenvalue weighted by molar-refractivity contribution is 0.217. The first-order chi connectivity index (χ1) is 10.3. The fourth-order valence-electron chi connectivity index (χ4n) is 2.14. The van der Waals surface area contributed by atoms with Crippen molar-refractivity contribution in [2.75, 3.05) is 13.2 Å². The third-order valence-corrected chi connectivity index (χ3v) is 3.13. The van der Waals surface area contributed by atoms with Crippen molar-refractivity contribution in [3.05, 3.63) is 71.1 Å². The van der Waals surface area contributed by atoms with Crippen LogP contribution in [0.1, 0.15) is 0 Å². The SMILES string of the molecule is O=c1[nH]cccc1OCCOc1cccc2ccccc12. The molecule has 0 atom stereocenters. The summed E-state index contributed by atoms with van der Waals surface area (Å²) in [5, 5.41) is 2.20. The minimum Gasteiger partial charge on any atom is -0.489 e. The van der Waals surface area contributed by atoms with Crippen LogP contribution in [-0.4, -0.2) is 18.2 Å². The number of hydrogen-bond acceptors (Lipinski definition) is 3. The van der Waals surface area contributed by atoms with Gasteiger partial charge in [-0.3, -0.25) is 4.79 Å². The number of aromatic nitrogens is 1. The van der Waals surface area contributed by atoms with Gasteiger partial charge in [-0.15, -0.1) is 0 Å². The van der Waals surface area contributed by atoms with Crippen molar-refractivity contribution in [2.24, 2.45) is 0 Å². The van der Waals surface area contributed by atoms with Gasteiger partial charge in [-0.25, -0.2) is 0 Å². The largest absolute Gasteiger partial charge is 0.489 e. The Morgan fingerprint density at radius 1 is 0.810 bits per heavy atom. The molecule has 0 saturated carbocycles. The van der Waals surface area contributed by atoms with Gasteiger partial charge in [0.15, 0.2) is 5.75 Å². The van der Waals surface area contributed by atoms with Crippen molar-refractivity contribution in [2.45, 2.75) is 0 Å². The van der Waals surface area contributed by atoms with Crippen LogP contribution in [0.2, 0.25) is 0 Å². The smallest absolute Gasteiger partial charge is 0.290 e. The molecule has 3 aromatic rings. The topological polar surface area (TPSA) is 51.3 Å². The van der Waals surface area contributed by atoms with Gasteiger partial charge in [0.25, 0.3) is 5.56 Å². The average Bonchev–Trinajstić information content (AvgIpc) is 2.53. The van der Waals surface area contributed by atoms with E-state index in [4.69, 9.17) is 9.47 Å². The van der Waals surface area contributed by atoms with Crippen LogP contribution >= 0.6 is 0 Å². The molecule has 1 heterocycles. The van der Waals surface area contributed by atoms with E-state index in [9.17, 15) is 4.79 Å². The van der Waals surface area contributed by atoms with E-state index in [2.05, 4.69) is 4.98 Å². The molecule has 0 radical (unpaired) electrons. The Bertz CT molecular complexity index is 790. The fraction of sp³-hybridized carbons (Fsp3) is 0.118. The van der Waals surface area contributed by atoms with Gasteiger partial charge in [0, 0.05) is 11.6 Å². The molecule has 0 aliphatic heterocycles. The predicted octanol–water partition coefficient (Wildman–Crippen LogP) is 2.99. The number of H-pyrrole nitrogens is 1. The summed E-state index contributed by atoms with van der Waals surface area (Å²) in [4.78, 5) is 14.0. The van der Waals surface area contributed by atoms with Crippen LogP contribution in [0, 0.1) is 0 Å². The molecule has 2 aromatic carbocycles. The third kappa shape index (κ3) is 3.05. The Morgan fingerprint density at radius 2 is 1.52 bits per heavy atom. The van der Waals surface area contributed by atoms with Crippen LogP contribution in [0.5, 0.6) is 11.5 Å². The summed E-state index contributed by atoms with van der Waals surface area (Å²) in [5.74, 6) is 1.12. The lowest BCUT2D eigenvalue weighted by Gasteiger charge is -2.10. The van der Waals surface area contributed by atoms with Crippen LogP contribution in [-0.2, 0) is 0 Å². The molecule has 4 heteroatoms. The maximum absolute atomic E-state index is 11.4. The summed E-state index contributed by atoms with van der Waals surface area (Å²) < 4.78 is 11.1. The highest BCUT2D eigenvalue weighted by molar-refractivity contribution is 5.88. The van der Waals surface area contributed by atoms with E-state index in [1.54, 1.807) is 18.3 Å². The van der Waals surface area contributed by atoms with Crippen molar-refractivity contribution >= 4 is 10.8 Å². The molecule has 3 rings (SSSR count). The van der Waals surface area contributed by atoms with Crippen LogP contribution in [0.3, 0.4) is 0 Å². The van der Waals surface area contributed by atoms with E-state index in [1.165, 1.54) is 0 Å². The molecule has 106 valence electrons. The zero-order chi connectivity index (χ0) is 14.5. The molecule has 1 aromatic heterocycles. The van der Waals surface area contributed by atoms with Crippen LogP contribution in [0.15, 0.2) is 65.6 Å². The molecular formula is C17H15NO3. The van der Waals surface area contributed by atoms with Crippen molar-refractivity contribution in [3.8, 4) is 11.5 Å². The minimum atomic E-state index is -0.234. The van der Waals surface area contributed by atoms with E-state index in [1.807, 2.05) is 42.5 Å². The highest BCUT2D eigenvalue weighted by Gasteiger charge is 2.02. The first kappa shape index (κ1) is 13.2. The molecule has 0 fully saturated rings. The van der Waals surface area contributed by atoms with Crippen molar-refractivity contribution in [1.82, 2.24) is 4.98 Å². The summed E-state index contributed by atoms with van der Waals surface area (Å²) in [6.45, 7) is 0.693. The summed E-state index contributed by atoms with van der Waals surface area (Å²) >= 11 is 0. The number of pyridine rings is 1. The monoisotopic (exact) mass is 281 g/mol. The van der Waals surface area contributed by atoms with Crippen molar-refractivity contribution < 1.29 is 9.47 Å². The van der Waals surface area contributed by atoms with E-state index in [0.29, 0.717) is 19.0 Å². The number of nitrogens with one attached hydrogen (secondary N) is 1. The maximum atomic E-state index is 11.4. The standard InChI is InChI=1S/C17H15NO3/c19-17-16(9-4-10-18-17)21-12-11-20-15-8-3-6-13-5-1-2-7-14(13)15/h1-10H,11-12H2,(H,18,19). The Labute approximate surface area is 122 Å². The number of hydrogen-bond donors (Lipinski definition) is 1. The quantitative estimate of drug-likeness (QED) is 0.731. The van der Waals surface area contributed by atoms with Crippen LogP contribution < -0.4 is 15.0 Å². The maximum Gasteiger partial charge on any atom is 0.290 e. The lowest BCUT2D eigenvalue weighted by Crippen LogP contribution is -2.15. The number of benzene rings is 2. The molecule has 1 N–H and O–H groups in total. The van der Waals surface area contributed by atoms with Crippen molar-refractivity contribution in [3.63, 3.8) is 0 Å². The number of fused-ring (bicyclic) bond motifs is 1. The zero-order valence-electron chi connectivity index (χ0n) is 11.4. The van der Waals surface area contributed by atoms with Crippen molar-refractivity contribution in [1.29, 1.82) is 0 Å². The van der Waals surface area contributed by atoms with Gasteiger partial charge in [-0.05, 0) is 23.6 Å². The van der Waals surface area contributed by atoms with Gasteiger partial charge in [-0.2, -0.15) is 0 Å². The van der Waals surface area contributed by atoms with Gasteiger partial charge in [0.1, 0.15) is 19.0 Å². The predicted molar refractivity (Wildman–Crippen MR) is 82.0 cm³/mol. The molecule has 21 heavy (non-hydrogen) atoms. The fourth-order valence-corrected chi connectivity index (χ4v) is 2.14. The Kier molecular flexibility index (Phi) is 3.87.